The molecular weight excluding hydrogens is 258 g/mol. The normalized spacial score (nSPS) is 10.1. The van der Waals surface area contributed by atoms with Gasteiger partial charge in [-0.25, -0.2) is 14.8 Å². The summed E-state index contributed by atoms with van der Waals surface area (Å²) in [6.07, 6.45) is 2.52. The lowest BCUT2D eigenvalue weighted by molar-refractivity contribution is 0.0685. The number of carbonyl (C=O) groups is 2. The summed E-state index contributed by atoms with van der Waals surface area (Å²) < 4.78 is 0. The van der Waals surface area contributed by atoms with Crippen molar-refractivity contribution in [2.45, 2.75) is 13.8 Å². The molecule has 0 aliphatic carbocycles. The standard InChI is InChI=1S/C14H13N3O3/c1-8-4-3-5-10(9(8)2)17-13(18)11-12(14(19)20)16-7-6-15-11/h3-7H,1-2H3,(H,17,18)(H,19,20). The predicted molar refractivity (Wildman–Crippen MR) is 72.9 cm³/mol. The highest BCUT2D eigenvalue weighted by Gasteiger charge is 2.19. The van der Waals surface area contributed by atoms with Gasteiger partial charge in [-0.3, -0.25) is 4.79 Å². The minimum atomic E-state index is -1.29. The van der Waals surface area contributed by atoms with Gasteiger partial charge in [0.25, 0.3) is 5.91 Å². The molecule has 1 aromatic heterocycles. The van der Waals surface area contributed by atoms with Crippen molar-refractivity contribution in [2.24, 2.45) is 0 Å². The molecule has 0 spiro atoms. The van der Waals surface area contributed by atoms with E-state index in [4.69, 9.17) is 5.11 Å². The molecule has 6 heteroatoms. The fourth-order valence-electron chi connectivity index (χ4n) is 1.73. The van der Waals surface area contributed by atoms with E-state index in [1.807, 2.05) is 26.0 Å². The summed E-state index contributed by atoms with van der Waals surface area (Å²) in [6.45, 7) is 3.80. The van der Waals surface area contributed by atoms with Crippen LogP contribution in [0.5, 0.6) is 0 Å². The lowest BCUT2D eigenvalue weighted by Crippen LogP contribution is -2.20. The average Bonchev–Trinajstić information content (AvgIpc) is 2.43. The molecule has 1 aromatic carbocycles. The van der Waals surface area contributed by atoms with Crippen LogP contribution in [0, 0.1) is 13.8 Å². The molecule has 0 saturated carbocycles. The van der Waals surface area contributed by atoms with Crippen molar-refractivity contribution in [3.05, 3.63) is 53.1 Å². The number of benzene rings is 1. The lowest BCUT2D eigenvalue weighted by atomic mass is 10.1. The van der Waals surface area contributed by atoms with Crippen LogP contribution < -0.4 is 5.32 Å². The summed E-state index contributed by atoms with van der Waals surface area (Å²) in [5, 5.41) is 11.7. The fourth-order valence-corrected chi connectivity index (χ4v) is 1.73. The minimum Gasteiger partial charge on any atom is -0.476 e. The molecule has 1 amide bonds. The minimum absolute atomic E-state index is 0.207. The van der Waals surface area contributed by atoms with E-state index in [-0.39, 0.29) is 11.4 Å². The number of hydrogen-bond acceptors (Lipinski definition) is 4. The Kier molecular flexibility index (Phi) is 3.74. The van der Waals surface area contributed by atoms with Crippen molar-refractivity contribution in [2.75, 3.05) is 5.32 Å². The van der Waals surface area contributed by atoms with Crippen LogP contribution in [0.15, 0.2) is 30.6 Å². The molecule has 2 aromatic rings. The summed E-state index contributed by atoms with van der Waals surface area (Å²) in [4.78, 5) is 30.6. The van der Waals surface area contributed by atoms with E-state index in [0.29, 0.717) is 5.69 Å². The Balaban J connectivity index is 2.34. The summed E-state index contributed by atoms with van der Waals surface area (Å²) >= 11 is 0. The molecule has 102 valence electrons. The fraction of sp³-hybridized carbons (Fsp3) is 0.143. The molecule has 0 aliphatic heterocycles. The molecule has 6 nitrogen and oxygen atoms in total. The van der Waals surface area contributed by atoms with Crippen LogP contribution in [0.3, 0.4) is 0 Å². The van der Waals surface area contributed by atoms with Gasteiger partial charge in [0.05, 0.1) is 0 Å². The van der Waals surface area contributed by atoms with Crippen LogP contribution in [0.25, 0.3) is 0 Å². The van der Waals surface area contributed by atoms with E-state index in [0.717, 1.165) is 11.1 Å². The molecule has 0 atom stereocenters. The number of carboxylic acids is 1. The molecular formula is C14H13N3O3. The summed E-state index contributed by atoms with van der Waals surface area (Å²) in [5.41, 5.74) is 2.00. The number of aromatic nitrogens is 2. The van der Waals surface area contributed by atoms with E-state index >= 15 is 0 Å². The van der Waals surface area contributed by atoms with Gasteiger partial charge in [-0.1, -0.05) is 12.1 Å². The van der Waals surface area contributed by atoms with Gasteiger partial charge in [-0.2, -0.15) is 0 Å². The Morgan fingerprint density at radius 3 is 2.40 bits per heavy atom. The van der Waals surface area contributed by atoms with Gasteiger partial charge in [0, 0.05) is 18.1 Å². The van der Waals surface area contributed by atoms with Gasteiger partial charge < -0.3 is 10.4 Å². The number of aryl methyl sites for hydroxylation is 1. The molecule has 0 saturated heterocycles. The summed E-state index contributed by atoms with van der Waals surface area (Å²) in [6, 6.07) is 5.49. The highest BCUT2D eigenvalue weighted by molar-refractivity contribution is 6.08. The first kappa shape index (κ1) is 13.7. The van der Waals surface area contributed by atoms with Gasteiger partial charge in [0.1, 0.15) is 0 Å². The van der Waals surface area contributed by atoms with Crippen molar-refractivity contribution >= 4 is 17.6 Å². The molecule has 0 aliphatic rings. The maximum Gasteiger partial charge on any atom is 0.356 e. The van der Waals surface area contributed by atoms with Crippen molar-refractivity contribution < 1.29 is 14.7 Å². The van der Waals surface area contributed by atoms with Crippen LogP contribution in [-0.2, 0) is 0 Å². The van der Waals surface area contributed by atoms with Crippen LogP contribution in [0.2, 0.25) is 0 Å². The van der Waals surface area contributed by atoms with Crippen molar-refractivity contribution in [1.29, 1.82) is 0 Å². The monoisotopic (exact) mass is 271 g/mol. The zero-order valence-corrected chi connectivity index (χ0v) is 11.0. The number of nitrogens with one attached hydrogen (secondary N) is 1. The first-order valence-electron chi connectivity index (χ1n) is 5.92. The molecule has 2 rings (SSSR count). The van der Waals surface area contributed by atoms with Gasteiger partial charge in [0.15, 0.2) is 11.4 Å². The number of carboxylic acid groups (broad SMARTS) is 1. The number of amides is 1. The van der Waals surface area contributed by atoms with E-state index in [2.05, 4.69) is 15.3 Å². The number of hydrogen-bond donors (Lipinski definition) is 2. The third-order valence-electron chi connectivity index (χ3n) is 2.97. The second kappa shape index (κ2) is 5.48. The predicted octanol–water partition coefficient (Wildman–Crippen LogP) is 2.04. The van der Waals surface area contributed by atoms with Crippen molar-refractivity contribution in [1.82, 2.24) is 9.97 Å². The second-order valence-corrected chi connectivity index (χ2v) is 4.26. The maximum absolute atomic E-state index is 12.1. The molecule has 0 fully saturated rings. The third kappa shape index (κ3) is 2.64. The Morgan fingerprint density at radius 2 is 1.75 bits per heavy atom. The highest BCUT2D eigenvalue weighted by atomic mass is 16.4. The van der Waals surface area contributed by atoms with Crippen LogP contribution in [-0.4, -0.2) is 27.0 Å². The zero-order valence-electron chi connectivity index (χ0n) is 11.0. The zero-order chi connectivity index (χ0) is 14.7. The molecule has 0 radical (unpaired) electrons. The van der Waals surface area contributed by atoms with Gasteiger partial charge in [0.2, 0.25) is 0 Å². The average molecular weight is 271 g/mol. The molecule has 1 heterocycles. The Labute approximate surface area is 115 Å². The van der Waals surface area contributed by atoms with Crippen molar-refractivity contribution in [3.63, 3.8) is 0 Å². The molecule has 0 unspecified atom stereocenters. The number of rotatable bonds is 3. The summed E-state index contributed by atoms with van der Waals surface area (Å²) in [7, 11) is 0. The summed E-state index contributed by atoms with van der Waals surface area (Å²) in [5.74, 6) is -1.88. The number of nitrogens with zero attached hydrogens (tertiary/aromatic N) is 2. The number of anilines is 1. The van der Waals surface area contributed by atoms with Gasteiger partial charge >= 0.3 is 5.97 Å². The topological polar surface area (TPSA) is 92.2 Å². The van der Waals surface area contributed by atoms with E-state index in [1.54, 1.807) is 6.07 Å². The first-order chi connectivity index (χ1) is 9.50. The SMILES string of the molecule is Cc1cccc(NC(=O)c2nccnc2C(=O)O)c1C. The van der Waals surface area contributed by atoms with Crippen molar-refractivity contribution in [3.8, 4) is 0 Å². The van der Waals surface area contributed by atoms with Crippen LogP contribution in [0.1, 0.15) is 32.1 Å². The number of carbonyl (C=O) groups excluding carboxylic acids is 1. The van der Waals surface area contributed by atoms with E-state index in [1.165, 1.54) is 12.4 Å². The molecule has 20 heavy (non-hydrogen) atoms. The van der Waals surface area contributed by atoms with Gasteiger partial charge in [-0.05, 0) is 31.0 Å². The Morgan fingerprint density at radius 1 is 1.10 bits per heavy atom. The van der Waals surface area contributed by atoms with E-state index < -0.39 is 11.9 Å². The first-order valence-corrected chi connectivity index (χ1v) is 5.92. The van der Waals surface area contributed by atoms with E-state index in [9.17, 15) is 9.59 Å². The number of aromatic carboxylic acids is 1. The Bertz CT molecular complexity index is 683. The third-order valence-corrected chi connectivity index (χ3v) is 2.97. The van der Waals surface area contributed by atoms with Crippen LogP contribution in [0.4, 0.5) is 5.69 Å². The quantitative estimate of drug-likeness (QED) is 0.891. The maximum atomic E-state index is 12.1. The lowest BCUT2D eigenvalue weighted by Gasteiger charge is -2.10. The second-order valence-electron chi connectivity index (χ2n) is 4.26. The van der Waals surface area contributed by atoms with Crippen LogP contribution >= 0.6 is 0 Å². The Hall–Kier alpha value is -2.76. The molecule has 2 N–H and O–H groups in total. The highest BCUT2D eigenvalue weighted by Crippen LogP contribution is 2.18. The largest absolute Gasteiger partial charge is 0.476 e. The molecule has 0 bridgehead atoms. The van der Waals surface area contributed by atoms with Gasteiger partial charge in [-0.15, -0.1) is 0 Å². The smallest absolute Gasteiger partial charge is 0.356 e.